The van der Waals surface area contributed by atoms with Gasteiger partial charge in [-0.15, -0.1) is 0 Å². The number of fused-ring (bicyclic) bond motifs is 1. The van der Waals surface area contributed by atoms with Crippen LogP contribution in [0.15, 0.2) is 71.9 Å². The molecule has 0 aliphatic carbocycles. The summed E-state index contributed by atoms with van der Waals surface area (Å²) in [7, 11) is 1.47. The van der Waals surface area contributed by atoms with Crippen LogP contribution in [0, 0.1) is 5.92 Å². The van der Waals surface area contributed by atoms with Crippen molar-refractivity contribution in [3.05, 3.63) is 98.8 Å². The number of nitrogens with zero attached hydrogens (tertiary/aromatic N) is 6. The van der Waals surface area contributed by atoms with E-state index in [-0.39, 0.29) is 36.5 Å². The number of ether oxygens (including phenoxy) is 2. The van der Waals surface area contributed by atoms with Crippen LogP contribution in [0.25, 0.3) is 39.2 Å². The Morgan fingerprint density at radius 3 is 2.34 bits per heavy atom. The summed E-state index contributed by atoms with van der Waals surface area (Å²) >= 11 is 14.2. The van der Waals surface area contributed by atoms with Crippen molar-refractivity contribution in [2.45, 2.75) is 64.8 Å². The van der Waals surface area contributed by atoms with Gasteiger partial charge in [-0.1, -0.05) is 59.6 Å². The molecule has 16 heteroatoms. The van der Waals surface area contributed by atoms with E-state index in [0.29, 0.717) is 93.8 Å². The number of benzene rings is 2. The van der Waals surface area contributed by atoms with Crippen molar-refractivity contribution in [3.8, 4) is 39.4 Å². The first-order valence-corrected chi connectivity index (χ1v) is 19.7. The number of halogens is 2. The number of nitrogens with one attached hydrogen (secondary N) is 1. The molecule has 5 aromatic rings. The fraction of sp³-hybridized carbons (Fsp3) is 0.357. The molecule has 14 nitrogen and oxygen atoms in total. The Bertz CT molecular complexity index is 2470. The second-order valence-electron chi connectivity index (χ2n) is 15.5. The first-order valence-electron chi connectivity index (χ1n) is 18.9. The molecule has 0 unspecified atom stereocenters. The van der Waals surface area contributed by atoms with Gasteiger partial charge in [0, 0.05) is 66.7 Å². The summed E-state index contributed by atoms with van der Waals surface area (Å²) in [5.41, 5.74) is 4.14. The number of hydrogen-bond donors (Lipinski definition) is 2. The number of carboxylic acid groups (broad SMARTS) is 1. The topological polar surface area (TPSA) is 169 Å². The number of carbonyl (C=O) groups excluding carboxylic acids is 2. The van der Waals surface area contributed by atoms with E-state index in [1.807, 2.05) is 41.3 Å². The molecule has 2 aliphatic heterocycles. The molecular formula is C42H43Cl2N7O7. The molecule has 2 saturated heterocycles. The van der Waals surface area contributed by atoms with Crippen LogP contribution in [0.1, 0.15) is 51.3 Å². The van der Waals surface area contributed by atoms with Crippen LogP contribution in [-0.4, -0.2) is 90.6 Å². The Balaban J connectivity index is 1.14. The summed E-state index contributed by atoms with van der Waals surface area (Å²) in [6.07, 6.45) is 5.78. The lowest BCUT2D eigenvalue weighted by Gasteiger charge is -2.29. The Hall–Kier alpha value is -5.57. The maximum Gasteiger partial charge on any atom is 0.410 e. The third-order valence-electron chi connectivity index (χ3n) is 10.2. The summed E-state index contributed by atoms with van der Waals surface area (Å²) in [5, 5.41) is 13.1. The zero-order valence-corrected chi connectivity index (χ0v) is 34.0. The van der Waals surface area contributed by atoms with E-state index in [0.717, 1.165) is 5.56 Å². The van der Waals surface area contributed by atoms with E-state index in [2.05, 4.69) is 15.3 Å². The molecule has 302 valence electrons. The number of amides is 2. The van der Waals surface area contributed by atoms with Gasteiger partial charge in [-0.25, -0.2) is 14.8 Å². The van der Waals surface area contributed by atoms with E-state index in [1.165, 1.54) is 16.4 Å². The van der Waals surface area contributed by atoms with E-state index >= 15 is 0 Å². The normalized spacial score (nSPS) is 17.0. The number of carboxylic acids is 1. The molecule has 0 spiro atoms. The average Bonchev–Trinajstić information content (AvgIpc) is 3.84. The molecule has 0 saturated carbocycles. The first kappa shape index (κ1) is 40.6. The van der Waals surface area contributed by atoms with Crippen LogP contribution in [0.2, 0.25) is 10.0 Å². The molecule has 2 N–H and O–H groups in total. The molecule has 7 rings (SSSR count). The van der Waals surface area contributed by atoms with E-state index in [1.54, 1.807) is 51.5 Å². The summed E-state index contributed by atoms with van der Waals surface area (Å²) in [4.78, 5) is 67.4. The van der Waals surface area contributed by atoms with Crippen molar-refractivity contribution in [2.24, 2.45) is 5.92 Å². The Labute approximate surface area is 344 Å². The van der Waals surface area contributed by atoms with Gasteiger partial charge in [0.15, 0.2) is 0 Å². The van der Waals surface area contributed by atoms with Gasteiger partial charge in [-0.2, -0.15) is 0 Å². The standard InChI is InChI=1S/C42H43Cl2N7O7/c1-42(2,3)58-41(56)50(22-27-11-12-35(52)47-27)23-33-38(57-4)48-32(19-45-33)31-10-6-9-30(37(31)44)29-8-5-7-28(36(29)43)24-14-16-51-34(17-24)46-18-26(39(51)53)21-49-15-13-25(20-49)40(54)55/h5-10,14,16-19,25,27H,11-13,15,20-23H2,1-4H3,(H,47,52)(H,54,55)/t25-,27-/m0/s1. The van der Waals surface area contributed by atoms with Gasteiger partial charge >= 0.3 is 12.1 Å². The highest BCUT2D eigenvalue weighted by atomic mass is 35.5. The highest BCUT2D eigenvalue weighted by molar-refractivity contribution is 6.39. The minimum atomic E-state index is -0.822. The number of methoxy groups -OCH3 is 1. The third kappa shape index (κ3) is 8.79. The van der Waals surface area contributed by atoms with Crippen molar-refractivity contribution < 1.29 is 29.0 Å². The van der Waals surface area contributed by atoms with Crippen LogP contribution < -0.4 is 15.6 Å². The molecule has 2 aliphatic rings. The lowest BCUT2D eigenvalue weighted by Crippen LogP contribution is -2.44. The minimum Gasteiger partial charge on any atom is -0.481 e. The number of carbonyl (C=O) groups is 3. The zero-order valence-electron chi connectivity index (χ0n) is 32.5. The predicted octanol–water partition coefficient (Wildman–Crippen LogP) is 6.72. The van der Waals surface area contributed by atoms with Gasteiger partial charge in [0.1, 0.15) is 16.9 Å². The van der Waals surface area contributed by atoms with Gasteiger partial charge in [0.05, 0.1) is 47.1 Å². The predicted molar refractivity (Wildman–Crippen MR) is 219 cm³/mol. The molecule has 58 heavy (non-hydrogen) atoms. The van der Waals surface area contributed by atoms with Gasteiger partial charge in [-0.3, -0.25) is 28.7 Å². The second kappa shape index (κ2) is 16.7. The number of hydrogen-bond acceptors (Lipinski definition) is 10. The largest absolute Gasteiger partial charge is 0.481 e. The number of aromatic nitrogens is 4. The number of pyridine rings is 1. The number of rotatable bonds is 11. The van der Waals surface area contributed by atoms with Crippen molar-refractivity contribution in [2.75, 3.05) is 26.7 Å². The highest BCUT2D eigenvalue weighted by Crippen LogP contribution is 2.42. The summed E-state index contributed by atoms with van der Waals surface area (Å²) in [6.45, 7) is 6.94. The molecular weight excluding hydrogens is 785 g/mol. The monoisotopic (exact) mass is 827 g/mol. The Morgan fingerprint density at radius 2 is 1.69 bits per heavy atom. The van der Waals surface area contributed by atoms with Gasteiger partial charge < -0.3 is 24.8 Å². The SMILES string of the molecule is COc1nc(-c2cccc(-c3cccc(-c4ccn5c(=O)c(CN6CC[C@H](C(=O)O)C6)cnc5c4)c3Cl)c2Cl)cnc1CN(C[C@@H]1CCC(=O)N1)C(=O)OC(C)(C)C. The molecule has 3 aromatic heterocycles. The van der Waals surface area contributed by atoms with Crippen molar-refractivity contribution >= 4 is 46.8 Å². The quantitative estimate of drug-likeness (QED) is 0.145. The first-order chi connectivity index (χ1) is 27.7. The van der Waals surface area contributed by atoms with Gasteiger partial charge in [-0.05, 0) is 57.9 Å². The maximum absolute atomic E-state index is 13.4. The smallest absolute Gasteiger partial charge is 0.410 e. The molecule has 0 bridgehead atoms. The zero-order chi connectivity index (χ0) is 41.3. The van der Waals surface area contributed by atoms with Crippen LogP contribution in [-0.2, 0) is 27.4 Å². The summed E-state index contributed by atoms with van der Waals surface area (Å²) in [5.74, 6) is -1.12. The van der Waals surface area contributed by atoms with Crippen molar-refractivity contribution in [1.29, 1.82) is 0 Å². The second-order valence-corrected chi connectivity index (χ2v) is 16.3. The highest BCUT2D eigenvalue weighted by Gasteiger charge is 2.31. The van der Waals surface area contributed by atoms with Crippen molar-refractivity contribution in [1.82, 2.24) is 34.5 Å². The van der Waals surface area contributed by atoms with E-state index in [4.69, 9.17) is 37.7 Å². The van der Waals surface area contributed by atoms with Crippen LogP contribution in [0.3, 0.4) is 0 Å². The lowest BCUT2D eigenvalue weighted by atomic mass is 9.97. The average molecular weight is 829 g/mol. The summed E-state index contributed by atoms with van der Waals surface area (Å²) < 4.78 is 12.8. The minimum absolute atomic E-state index is 0.0293. The van der Waals surface area contributed by atoms with Crippen molar-refractivity contribution in [3.63, 3.8) is 0 Å². The fourth-order valence-electron chi connectivity index (χ4n) is 7.30. The fourth-order valence-corrected chi connectivity index (χ4v) is 7.96. The lowest BCUT2D eigenvalue weighted by molar-refractivity contribution is -0.141. The molecule has 0 radical (unpaired) electrons. The van der Waals surface area contributed by atoms with Crippen LogP contribution in [0.5, 0.6) is 5.88 Å². The number of likely N-dealkylation sites (tertiary alicyclic amines) is 1. The summed E-state index contributed by atoms with van der Waals surface area (Å²) in [6, 6.07) is 14.5. The van der Waals surface area contributed by atoms with Gasteiger partial charge in [0.25, 0.3) is 5.56 Å². The molecule has 2 atom stereocenters. The Kier molecular flexibility index (Phi) is 11.7. The number of aliphatic carboxylic acids is 1. The van der Waals surface area contributed by atoms with E-state index in [9.17, 15) is 24.3 Å². The Morgan fingerprint density at radius 1 is 0.983 bits per heavy atom. The van der Waals surface area contributed by atoms with E-state index < -0.39 is 23.6 Å². The van der Waals surface area contributed by atoms with Gasteiger partial charge in [0.2, 0.25) is 11.8 Å². The molecule has 2 aromatic carbocycles. The maximum atomic E-state index is 13.4. The van der Waals surface area contributed by atoms with Crippen LogP contribution >= 0.6 is 23.2 Å². The molecule has 5 heterocycles. The molecule has 2 amide bonds. The van der Waals surface area contributed by atoms with Crippen LogP contribution in [0.4, 0.5) is 4.79 Å². The molecule has 2 fully saturated rings. The third-order valence-corrected chi connectivity index (χ3v) is 11.0.